The van der Waals surface area contributed by atoms with Crippen molar-refractivity contribution in [1.29, 1.82) is 0 Å². The Balaban J connectivity index is 1.20. The summed E-state index contributed by atoms with van der Waals surface area (Å²) in [5, 5.41) is 0. The Hall–Kier alpha value is -5.22. The molecule has 2 aliphatic rings. The van der Waals surface area contributed by atoms with Gasteiger partial charge in [0.1, 0.15) is 30.0 Å². The van der Waals surface area contributed by atoms with E-state index in [-0.39, 0.29) is 6.61 Å². The average Bonchev–Trinajstić information content (AvgIpc) is 3.68. The van der Waals surface area contributed by atoms with E-state index >= 15 is 0 Å². The van der Waals surface area contributed by atoms with Crippen molar-refractivity contribution in [3.8, 4) is 0 Å². The zero-order chi connectivity index (χ0) is 39.5. The molecule has 0 aliphatic carbocycles. The summed E-state index contributed by atoms with van der Waals surface area (Å²) in [6.07, 6.45) is -0.165. The summed E-state index contributed by atoms with van der Waals surface area (Å²) < 4.78 is 48.7. The van der Waals surface area contributed by atoms with Crippen LogP contribution in [-0.4, -0.2) is 43.9 Å². The molecule has 6 atom stereocenters. The number of benzene rings is 6. The molecule has 0 saturated carbocycles. The standard InChI is InChI=1S/C51H50O7/c1-2-3-22-35-54-51(44-33-20-9-21-34-44)57-48-47(53-37-40-25-12-5-13-26-40)46(52-36-39-23-10-4-11-24-39)45(56-49(48)58-51)38-55-50(41-27-14-6-15-28-41,42-29-16-7-17-30-42)43-31-18-8-19-32-43/h2,4-21,23-34,45-49H,1,3,22,35-38H2/t45-,46-,47+,48+,49+,51?/m1/s1. The smallest absolute Gasteiger partial charge is 0.314 e. The number of hydrogen-bond donors (Lipinski definition) is 0. The number of hydrogen-bond acceptors (Lipinski definition) is 7. The molecule has 0 bridgehead atoms. The largest absolute Gasteiger partial charge is 0.368 e. The van der Waals surface area contributed by atoms with E-state index < -0.39 is 42.3 Å². The molecule has 7 heteroatoms. The molecule has 0 radical (unpaired) electrons. The first kappa shape index (κ1) is 39.6. The van der Waals surface area contributed by atoms with Crippen molar-refractivity contribution in [2.24, 2.45) is 0 Å². The van der Waals surface area contributed by atoms with Crippen molar-refractivity contribution in [2.45, 2.75) is 68.3 Å². The van der Waals surface area contributed by atoms with E-state index in [2.05, 4.69) is 55.1 Å². The fourth-order valence-corrected chi connectivity index (χ4v) is 7.86. The van der Waals surface area contributed by atoms with Crippen LogP contribution in [0.15, 0.2) is 195 Å². The van der Waals surface area contributed by atoms with Gasteiger partial charge in [-0.05, 0) is 40.7 Å². The minimum Gasteiger partial charge on any atom is -0.368 e. The van der Waals surface area contributed by atoms with E-state index in [0.29, 0.717) is 19.8 Å². The number of unbranched alkanes of at least 4 members (excludes halogenated alkanes) is 1. The maximum atomic E-state index is 7.40. The molecular weight excluding hydrogens is 725 g/mol. The molecule has 6 aromatic rings. The van der Waals surface area contributed by atoms with Crippen LogP contribution in [-0.2, 0) is 57.9 Å². The summed E-state index contributed by atoms with van der Waals surface area (Å²) in [5.41, 5.74) is 4.71. The van der Waals surface area contributed by atoms with Crippen molar-refractivity contribution in [3.63, 3.8) is 0 Å². The van der Waals surface area contributed by atoms with Crippen molar-refractivity contribution in [3.05, 3.63) is 228 Å². The maximum absolute atomic E-state index is 7.40. The number of allylic oxidation sites excluding steroid dienone is 1. The zero-order valence-electron chi connectivity index (χ0n) is 32.6. The monoisotopic (exact) mass is 774 g/mol. The fourth-order valence-electron chi connectivity index (χ4n) is 7.86. The predicted molar refractivity (Wildman–Crippen MR) is 223 cm³/mol. The molecule has 0 aromatic heterocycles. The second kappa shape index (κ2) is 19.0. The third-order valence-corrected chi connectivity index (χ3v) is 10.7. The molecule has 7 nitrogen and oxygen atoms in total. The first-order valence-electron chi connectivity index (χ1n) is 20.1. The molecule has 2 heterocycles. The van der Waals surface area contributed by atoms with Gasteiger partial charge in [-0.3, -0.25) is 4.74 Å². The Bertz CT molecular complexity index is 2020. The first-order valence-corrected chi connectivity index (χ1v) is 20.1. The van der Waals surface area contributed by atoms with Crippen molar-refractivity contribution in [2.75, 3.05) is 13.2 Å². The van der Waals surface area contributed by atoms with Crippen molar-refractivity contribution in [1.82, 2.24) is 0 Å². The quantitative estimate of drug-likeness (QED) is 0.0490. The third kappa shape index (κ3) is 8.77. The van der Waals surface area contributed by atoms with Gasteiger partial charge in [-0.1, -0.05) is 188 Å². The lowest BCUT2D eigenvalue weighted by Crippen LogP contribution is -2.60. The van der Waals surface area contributed by atoms with E-state index in [0.717, 1.165) is 46.2 Å². The topological polar surface area (TPSA) is 64.6 Å². The highest BCUT2D eigenvalue weighted by Gasteiger charge is 2.60. The van der Waals surface area contributed by atoms with Gasteiger partial charge in [-0.2, -0.15) is 0 Å². The summed E-state index contributed by atoms with van der Waals surface area (Å²) in [6.45, 7) is 5.02. The Morgan fingerprint density at radius 1 is 0.569 bits per heavy atom. The molecular formula is C51H50O7. The van der Waals surface area contributed by atoms with E-state index in [9.17, 15) is 0 Å². The van der Waals surface area contributed by atoms with E-state index in [1.54, 1.807) is 0 Å². The molecule has 2 fully saturated rings. The van der Waals surface area contributed by atoms with Gasteiger partial charge in [0, 0.05) is 5.56 Å². The van der Waals surface area contributed by atoms with Crippen LogP contribution in [0.25, 0.3) is 0 Å². The van der Waals surface area contributed by atoms with Gasteiger partial charge in [-0.15, -0.1) is 6.58 Å². The number of ether oxygens (including phenoxy) is 7. The third-order valence-electron chi connectivity index (χ3n) is 10.7. The van der Waals surface area contributed by atoms with Crippen LogP contribution in [0.2, 0.25) is 0 Å². The van der Waals surface area contributed by atoms with Crippen LogP contribution >= 0.6 is 0 Å². The number of rotatable bonds is 18. The zero-order valence-corrected chi connectivity index (χ0v) is 32.6. The average molecular weight is 775 g/mol. The van der Waals surface area contributed by atoms with Crippen LogP contribution < -0.4 is 0 Å². The van der Waals surface area contributed by atoms with E-state index in [4.69, 9.17) is 33.2 Å². The molecule has 1 unspecified atom stereocenters. The second-order valence-electron chi connectivity index (χ2n) is 14.6. The molecule has 296 valence electrons. The number of fused-ring (bicyclic) bond motifs is 1. The van der Waals surface area contributed by atoms with Gasteiger partial charge in [0.05, 0.1) is 26.4 Å². The lowest BCUT2D eigenvalue weighted by molar-refractivity contribution is -0.367. The predicted octanol–water partition coefficient (Wildman–Crippen LogP) is 10.1. The Kier molecular flexibility index (Phi) is 13.0. The molecule has 0 spiro atoms. The van der Waals surface area contributed by atoms with Gasteiger partial charge in [0.25, 0.3) is 0 Å². The molecule has 0 N–H and O–H groups in total. The van der Waals surface area contributed by atoms with Crippen LogP contribution in [0, 0.1) is 0 Å². The summed E-state index contributed by atoms with van der Waals surface area (Å²) in [6, 6.07) is 61.0. The Labute approximate surface area is 341 Å². The second-order valence-corrected chi connectivity index (χ2v) is 14.6. The highest BCUT2D eigenvalue weighted by Crippen LogP contribution is 2.46. The Morgan fingerprint density at radius 3 is 1.53 bits per heavy atom. The molecule has 6 aromatic carbocycles. The molecule has 0 amide bonds. The molecule has 8 rings (SSSR count). The normalized spacial score (nSPS) is 22.9. The minimum atomic E-state index is -1.55. The summed E-state index contributed by atoms with van der Waals surface area (Å²) in [7, 11) is 0. The van der Waals surface area contributed by atoms with Crippen LogP contribution in [0.4, 0.5) is 0 Å². The van der Waals surface area contributed by atoms with Crippen molar-refractivity contribution < 1.29 is 33.2 Å². The minimum absolute atomic E-state index is 0.119. The molecule has 2 aliphatic heterocycles. The fraction of sp³-hybridized carbons (Fsp3) is 0.255. The van der Waals surface area contributed by atoms with Gasteiger partial charge >= 0.3 is 5.97 Å². The SMILES string of the molecule is C=CCCCOC1(c2ccccc2)O[C@@H]2O[C@H](COC(c3ccccc3)(c3ccccc3)c3ccccc3)[C@@H](OCc3ccccc3)[C@H](OCc3ccccc3)[C@@H]2O1. The van der Waals surface area contributed by atoms with Gasteiger partial charge in [0.15, 0.2) is 6.29 Å². The first-order chi connectivity index (χ1) is 28.7. The lowest BCUT2D eigenvalue weighted by atomic mass is 9.80. The maximum Gasteiger partial charge on any atom is 0.314 e. The highest BCUT2D eigenvalue weighted by atomic mass is 16.9. The van der Waals surface area contributed by atoms with Crippen LogP contribution in [0.3, 0.4) is 0 Å². The van der Waals surface area contributed by atoms with Gasteiger partial charge < -0.3 is 28.4 Å². The molecule has 2 saturated heterocycles. The van der Waals surface area contributed by atoms with Crippen LogP contribution in [0.5, 0.6) is 0 Å². The van der Waals surface area contributed by atoms with E-state index in [1.165, 1.54) is 0 Å². The van der Waals surface area contributed by atoms with Gasteiger partial charge in [0.2, 0.25) is 0 Å². The lowest BCUT2D eigenvalue weighted by Gasteiger charge is -2.44. The Morgan fingerprint density at radius 2 is 1.03 bits per heavy atom. The van der Waals surface area contributed by atoms with Gasteiger partial charge in [-0.25, -0.2) is 0 Å². The summed E-state index contributed by atoms with van der Waals surface area (Å²) in [4.78, 5) is 0. The van der Waals surface area contributed by atoms with Crippen LogP contribution in [0.1, 0.15) is 46.2 Å². The van der Waals surface area contributed by atoms with Crippen molar-refractivity contribution >= 4 is 0 Å². The summed E-state index contributed by atoms with van der Waals surface area (Å²) in [5.74, 6) is -1.55. The molecule has 58 heavy (non-hydrogen) atoms. The summed E-state index contributed by atoms with van der Waals surface area (Å²) >= 11 is 0. The highest BCUT2D eigenvalue weighted by molar-refractivity contribution is 5.47. The van der Waals surface area contributed by atoms with E-state index in [1.807, 2.05) is 140 Å².